The maximum atomic E-state index is 13.3. The van der Waals surface area contributed by atoms with E-state index in [-0.39, 0.29) is 17.1 Å². The summed E-state index contributed by atoms with van der Waals surface area (Å²) in [6.07, 6.45) is 3.39. The molecule has 28 heavy (non-hydrogen) atoms. The van der Waals surface area contributed by atoms with Gasteiger partial charge in [-0.2, -0.15) is 0 Å². The largest absolute Gasteiger partial charge is 0.450 e. The fourth-order valence-electron chi connectivity index (χ4n) is 3.80. The lowest BCUT2D eigenvalue weighted by Gasteiger charge is -2.25. The van der Waals surface area contributed by atoms with Crippen LogP contribution in [0.3, 0.4) is 0 Å². The van der Waals surface area contributed by atoms with Crippen molar-refractivity contribution >= 4 is 16.9 Å². The van der Waals surface area contributed by atoms with E-state index in [2.05, 4.69) is 4.98 Å². The van der Waals surface area contributed by atoms with Crippen molar-refractivity contribution < 1.29 is 9.21 Å². The average Bonchev–Trinajstić information content (AvgIpc) is 3.02. The quantitative estimate of drug-likeness (QED) is 0.550. The zero-order chi connectivity index (χ0) is 19.1. The van der Waals surface area contributed by atoms with Crippen LogP contribution < -0.4 is 5.43 Å². The Balaban J connectivity index is 1.74. The molecule has 5 rings (SSSR count). The summed E-state index contributed by atoms with van der Waals surface area (Å²) >= 11 is 0. The SMILES string of the molecule is O=C1c2oc3ccccc3c(=O)c2C(c2ccccc2)N1Cc1ccncc1. The van der Waals surface area contributed by atoms with Crippen molar-refractivity contribution in [2.75, 3.05) is 0 Å². The maximum Gasteiger partial charge on any atom is 0.291 e. The molecular weight excluding hydrogens is 352 g/mol. The van der Waals surface area contributed by atoms with Gasteiger partial charge in [-0.05, 0) is 35.4 Å². The van der Waals surface area contributed by atoms with E-state index in [9.17, 15) is 9.59 Å². The second kappa shape index (κ2) is 6.46. The molecule has 3 heterocycles. The minimum Gasteiger partial charge on any atom is -0.450 e. The Hall–Kier alpha value is -3.73. The van der Waals surface area contributed by atoms with Crippen LogP contribution in [0.2, 0.25) is 0 Å². The number of carbonyl (C=O) groups is 1. The van der Waals surface area contributed by atoms with Crippen LogP contribution in [-0.2, 0) is 6.54 Å². The number of amides is 1. The van der Waals surface area contributed by atoms with Gasteiger partial charge in [0.15, 0.2) is 5.43 Å². The zero-order valence-corrected chi connectivity index (χ0v) is 14.9. The minimum atomic E-state index is -0.488. The Bertz CT molecular complexity index is 1230. The molecule has 2 aromatic heterocycles. The third-order valence-corrected chi connectivity index (χ3v) is 5.09. The number of aromatic nitrogens is 1. The van der Waals surface area contributed by atoms with E-state index in [1.807, 2.05) is 42.5 Å². The molecule has 0 radical (unpaired) electrons. The molecule has 2 aromatic carbocycles. The average molecular weight is 368 g/mol. The first-order valence-corrected chi connectivity index (χ1v) is 9.04. The highest BCUT2D eigenvalue weighted by molar-refractivity contribution is 5.99. The smallest absolute Gasteiger partial charge is 0.291 e. The lowest BCUT2D eigenvalue weighted by Crippen LogP contribution is -2.29. The van der Waals surface area contributed by atoms with E-state index in [0.717, 1.165) is 11.1 Å². The Labute approximate surface area is 160 Å². The van der Waals surface area contributed by atoms with Gasteiger partial charge >= 0.3 is 0 Å². The molecule has 1 aliphatic rings. The lowest BCUT2D eigenvalue weighted by molar-refractivity contribution is 0.0714. The summed E-state index contributed by atoms with van der Waals surface area (Å²) < 4.78 is 5.91. The molecular formula is C23H16N2O3. The van der Waals surface area contributed by atoms with Crippen LogP contribution in [0.25, 0.3) is 11.0 Å². The van der Waals surface area contributed by atoms with Gasteiger partial charge in [0.25, 0.3) is 5.91 Å². The first-order chi connectivity index (χ1) is 13.7. The fourth-order valence-corrected chi connectivity index (χ4v) is 3.80. The Kier molecular flexibility index (Phi) is 3.79. The summed E-state index contributed by atoms with van der Waals surface area (Å²) in [6.45, 7) is 0.362. The van der Waals surface area contributed by atoms with Crippen molar-refractivity contribution in [3.63, 3.8) is 0 Å². The van der Waals surface area contributed by atoms with E-state index in [1.54, 1.807) is 41.6 Å². The van der Waals surface area contributed by atoms with Gasteiger partial charge < -0.3 is 9.32 Å². The van der Waals surface area contributed by atoms with Gasteiger partial charge in [-0.15, -0.1) is 0 Å². The molecule has 1 unspecified atom stereocenters. The molecule has 0 N–H and O–H groups in total. The van der Waals surface area contributed by atoms with Gasteiger partial charge in [0.2, 0.25) is 5.76 Å². The van der Waals surface area contributed by atoms with Crippen LogP contribution in [0.15, 0.2) is 88.3 Å². The van der Waals surface area contributed by atoms with Crippen LogP contribution in [0.5, 0.6) is 0 Å². The van der Waals surface area contributed by atoms with Gasteiger partial charge in [-0.25, -0.2) is 0 Å². The Morgan fingerprint density at radius 1 is 0.893 bits per heavy atom. The number of pyridine rings is 1. The van der Waals surface area contributed by atoms with Crippen LogP contribution in [-0.4, -0.2) is 15.8 Å². The summed E-state index contributed by atoms with van der Waals surface area (Å²) in [6, 6.07) is 19.9. The highest BCUT2D eigenvalue weighted by atomic mass is 16.3. The molecule has 1 aliphatic heterocycles. The van der Waals surface area contributed by atoms with Crippen molar-refractivity contribution in [3.05, 3.63) is 112 Å². The molecule has 1 amide bonds. The van der Waals surface area contributed by atoms with Gasteiger partial charge in [0, 0.05) is 18.9 Å². The summed E-state index contributed by atoms with van der Waals surface area (Å²) in [7, 11) is 0. The molecule has 0 fully saturated rings. The maximum absolute atomic E-state index is 13.3. The molecule has 0 spiro atoms. The number of benzene rings is 2. The summed E-state index contributed by atoms with van der Waals surface area (Å²) in [5.41, 5.74) is 2.50. The van der Waals surface area contributed by atoms with Crippen LogP contribution in [0, 0.1) is 0 Å². The highest BCUT2D eigenvalue weighted by Gasteiger charge is 2.42. The first-order valence-electron chi connectivity index (χ1n) is 9.04. The summed E-state index contributed by atoms with van der Waals surface area (Å²) in [5.74, 6) is -0.143. The lowest BCUT2D eigenvalue weighted by atomic mass is 9.98. The monoisotopic (exact) mass is 368 g/mol. The summed E-state index contributed by atoms with van der Waals surface area (Å²) in [4.78, 5) is 32.3. The first kappa shape index (κ1) is 16.4. The Morgan fingerprint density at radius 3 is 2.39 bits per heavy atom. The second-order valence-corrected chi connectivity index (χ2v) is 6.77. The summed E-state index contributed by atoms with van der Waals surface area (Å²) in [5, 5.41) is 0.487. The molecule has 0 aliphatic carbocycles. The second-order valence-electron chi connectivity index (χ2n) is 6.77. The topological polar surface area (TPSA) is 63.4 Å². The molecule has 5 heteroatoms. The molecule has 136 valence electrons. The van der Waals surface area contributed by atoms with Gasteiger partial charge in [-0.3, -0.25) is 14.6 Å². The van der Waals surface area contributed by atoms with E-state index >= 15 is 0 Å². The van der Waals surface area contributed by atoms with E-state index in [1.165, 1.54) is 0 Å². The van der Waals surface area contributed by atoms with E-state index in [4.69, 9.17) is 4.42 Å². The highest BCUT2D eigenvalue weighted by Crippen LogP contribution is 2.38. The van der Waals surface area contributed by atoms with Crippen molar-refractivity contribution in [3.8, 4) is 0 Å². The number of para-hydroxylation sites is 1. The van der Waals surface area contributed by atoms with E-state index < -0.39 is 6.04 Å². The predicted octanol–water partition coefficient (Wildman–Crippen LogP) is 3.93. The number of carbonyl (C=O) groups excluding carboxylic acids is 1. The predicted molar refractivity (Wildman–Crippen MR) is 105 cm³/mol. The number of rotatable bonds is 3. The number of nitrogens with zero attached hydrogens (tertiary/aromatic N) is 2. The standard InChI is InChI=1S/C23H16N2O3/c26-21-17-8-4-5-9-18(17)28-22-19(21)20(16-6-2-1-3-7-16)25(23(22)27)14-15-10-12-24-13-11-15/h1-13,20H,14H2. The molecule has 0 saturated heterocycles. The Morgan fingerprint density at radius 2 is 1.61 bits per heavy atom. The minimum absolute atomic E-state index is 0.131. The van der Waals surface area contributed by atoms with Crippen LogP contribution in [0.1, 0.15) is 33.3 Å². The van der Waals surface area contributed by atoms with E-state index in [0.29, 0.717) is 23.1 Å². The van der Waals surface area contributed by atoms with Crippen LogP contribution >= 0.6 is 0 Å². The normalized spacial score (nSPS) is 15.8. The number of fused-ring (bicyclic) bond motifs is 2. The fraction of sp³-hybridized carbons (Fsp3) is 0.0870. The molecule has 1 atom stereocenters. The third-order valence-electron chi connectivity index (χ3n) is 5.09. The third kappa shape index (κ3) is 2.52. The number of hydrogen-bond donors (Lipinski definition) is 0. The molecule has 4 aromatic rings. The van der Waals surface area contributed by atoms with Crippen molar-refractivity contribution in [1.82, 2.24) is 9.88 Å². The van der Waals surface area contributed by atoms with Crippen molar-refractivity contribution in [2.24, 2.45) is 0 Å². The zero-order valence-electron chi connectivity index (χ0n) is 14.9. The molecule has 5 nitrogen and oxygen atoms in total. The molecule has 0 saturated carbocycles. The van der Waals surface area contributed by atoms with Gasteiger partial charge in [0.05, 0.1) is 17.0 Å². The van der Waals surface area contributed by atoms with Gasteiger partial charge in [0.1, 0.15) is 5.58 Å². The van der Waals surface area contributed by atoms with Crippen LogP contribution in [0.4, 0.5) is 0 Å². The number of hydrogen-bond acceptors (Lipinski definition) is 4. The molecule has 0 bridgehead atoms. The van der Waals surface area contributed by atoms with Crippen molar-refractivity contribution in [1.29, 1.82) is 0 Å². The van der Waals surface area contributed by atoms with Crippen molar-refractivity contribution in [2.45, 2.75) is 12.6 Å². The van der Waals surface area contributed by atoms with Gasteiger partial charge in [-0.1, -0.05) is 42.5 Å².